The van der Waals surface area contributed by atoms with Gasteiger partial charge in [-0.05, 0) is 27.6 Å². The molecule has 0 aliphatic rings. The van der Waals surface area contributed by atoms with Crippen LogP contribution in [0.25, 0.3) is 0 Å². The van der Waals surface area contributed by atoms with E-state index in [0.717, 1.165) is 5.57 Å². The lowest BCUT2D eigenvalue weighted by molar-refractivity contribution is 0.523. The van der Waals surface area contributed by atoms with E-state index >= 15 is 0 Å². The van der Waals surface area contributed by atoms with Crippen molar-refractivity contribution in [1.82, 2.24) is 0 Å². The second kappa shape index (κ2) is 6.11. The van der Waals surface area contributed by atoms with Crippen molar-refractivity contribution in [2.75, 3.05) is 0 Å². The van der Waals surface area contributed by atoms with Gasteiger partial charge in [0.1, 0.15) is 8.07 Å². The lowest BCUT2D eigenvalue weighted by Gasteiger charge is -2.38. The van der Waals surface area contributed by atoms with Gasteiger partial charge >= 0.3 is 0 Å². The fraction of sp³-hybridized carbons (Fsp3) is 0.765. The summed E-state index contributed by atoms with van der Waals surface area (Å²) in [6.07, 6.45) is 0. The molecule has 0 amide bonds. The highest BCUT2D eigenvalue weighted by Gasteiger charge is 2.41. The van der Waals surface area contributed by atoms with Gasteiger partial charge < -0.3 is 0 Å². The average molecular weight is 265 g/mol. The van der Waals surface area contributed by atoms with Gasteiger partial charge in [-0.15, -0.1) is 5.54 Å². The van der Waals surface area contributed by atoms with E-state index in [9.17, 15) is 0 Å². The van der Waals surface area contributed by atoms with Crippen LogP contribution in [0.2, 0.25) is 16.6 Å². The Labute approximate surface area is 116 Å². The molecule has 0 unspecified atom stereocenters. The van der Waals surface area contributed by atoms with Crippen molar-refractivity contribution < 1.29 is 0 Å². The molecule has 104 valence electrons. The zero-order valence-corrected chi connectivity index (χ0v) is 14.9. The highest BCUT2D eigenvalue weighted by atomic mass is 28.3. The van der Waals surface area contributed by atoms with Crippen LogP contribution in [0, 0.1) is 16.9 Å². The molecule has 0 aromatic carbocycles. The summed E-state index contributed by atoms with van der Waals surface area (Å²) in [7, 11) is -1.59. The maximum Gasteiger partial charge on any atom is 0.146 e. The van der Waals surface area contributed by atoms with Gasteiger partial charge in [0.2, 0.25) is 0 Å². The van der Waals surface area contributed by atoms with Gasteiger partial charge in [-0.1, -0.05) is 74.8 Å². The normalized spacial score (nSPS) is 12.9. The van der Waals surface area contributed by atoms with E-state index in [2.05, 4.69) is 80.4 Å². The quantitative estimate of drug-likeness (QED) is 0.446. The highest BCUT2D eigenvalue weighted by Crippen LogP contribution is 2.41. The molecule has 0 aliphatic heterocycles. The van der Waals surface area contributed by atoms with E-state index in [-0.39, 0.29) is 5.41 Å². The molecular formula is C17H32Si. The van der Waals surface area contributed by atoms with E-state index in [1.807, 2.05) is 0 Å². The Morgan fingerprint density at radius 2 is 1.22 bits per heavy atom. The summed E-state index contributed by atoms with van der Waals surface area (Å²) in [6.45, 7) is 24.8. The fourth-order valence-corrected chi connectivity index (χ4v) is 8.04. The second-order valence-electron chi connectivity index (χ2n) is 7.38. The van der Waals surface area contributed by atoms with Crippen molar-refractivity contribution in [2.24, 2.45) is 5.41 Å². The molecule has 0 aliphatic carbocycles. The fourth-order valence-electron chi connectivity index (χ4n) is 2.80. The predicted octanol–water partition coefficient (Wildman–Crippen LogP) is 5.81. The van der Waals surface area contributed by atoms with Crippen LogP contribution in [-0.4, -0.2) is 8.07 Å². The van der Waals surface area contributed by atoms with Gasteiger partial charge in [0, 0.05) is 0 Å². The Hall–Kier alpha value is -0.483. The van der Waals surface area contributed by atoms with Crippen LogP contribution in [0.15, 0.2) is 12.2 Å². The summed E-state index contributed by atoms with van der Waals surface area (Å²) in [5.41, 5.74) is 6.97. The molecule has 1 heteroatoms. The van der Waals surface area contributed by atoms with Crippen LogP contribution >= 0.6 is 0 Å². The Morgan fingerprint density at radius 3 is 1.44 bits per heavy atom. The molecule has 0 rings (SSSR count). The van der Waals surface area contributed by atoms with E-state index in [0.29, 0.717) is 16.6 Å². The van der Waals surface area contributed by atoms with Crippen molar-refractivity contribution in [1.29, 1.82) is 0 Å². The molecule has 0 aromatic heterocycles. The molecule has 0 bridgehead atoms. The molecule has 0 spiro atoms. The van der Waals surface area contributed by atoms with Gasteiger partial charge in [-0.25, -0.2) is 0 Å². The molecule has 0 saturated carbocycles. The minimum atomic E-state index is -1.59. The number of hydrogen-bond donors (Lipinski definition) is 0. The predicted molar refractivity (Wildman–Crippen MR) is 87.4 cm³/mol. The zero-order valence-electron chi connectivity index (χ0n) is 13.9. The Morgan fingerprint density at radius 1 is 0.889 bits per heavy atom. The van der Waals surface area contributed by atoms with E-state index in [4.69, 9.17) is 0 Å². The van der Waals surface area contributed by atoms with Crippen molar-refractivity contribution >= 4 is 8.07 Å². The second-order valence-corrected chi connectivity index (χ2v) is 13.0. The topological polar surface area (TPSA) is 0 Å². The van der Waals surface area contributed by atoms with E-state index < -0.39 is 8.07 Å². The highest BCUT2D eigenvalue weighted by molar-refractivity contribution is 6.90. The molecule has 0 radical (unpaired) electrons. The molecule has 0 fully saturated rings. The summed E-state index contributed by atoms with van der Waals surface area (Å²) in [4.78, 5) is 0. The van der Waals surface area contributed by atoms with Gasteiger partial charge in [0.15, 0.2) is 0 Å². The summed E-state index contributed by atoms with van der Waals surface area (Å²) in [5.74, 6) is 3.42. The summed E-state index contributed by atoms with van der Waals surface area (Å²) in [6, 6.07) is 0. The summed E-state index contributed by atoms with van der Waals surface area (Å²) >= 11 is 0. The first kappa shape index (κ1) is 17.5. The third kappa shape index (κ3) is 3.75. The smallest absolute Gasteiger partial charge is 0.125 e. The monoisotopic (exact) mass is 264 g/mol. The van der Waals surface area contributed by atoms with Crippen LogP contribution < -0.4 is 0 Å². The standard InChI is InChI=1S/C17H32Si/c1-13(2)18(14(3)4,15(5)6)12-11-16(7)17(8,9)10/h13-15H,7H2,1-6,8-10H3. The molecule has 0 saturated heterocycles. The third-order valence-corrected chi connectivity index (χ3v) is 10.5. The first-order valence-electron chi connectivity index (χ1n) is 7.18. The van der Waals surface area contributed by atoms with Crippen LogP contribution in [0.5, 0.6) is 0 Å². The van der Waals surface area contributed by atoms with Crippen LogP contribution in [-0.2, 0) is 0 Å². The van der Waals surface area contributed by atoms with Crippen LogP contribution in [0.4, 0.5) is 0 Å². The zero-order chi connectivity index (χ0) is 14.7. The number of allylic oxidation sites excluding steroid dienone is 1. The van der Waals surface area contributed by atoms with Gasteiger partial charge in [-0.3, -0.25) is 0 Å². The lowest BCUT2D eigenvalue weighted by Crippen LogP contribution is -2.43. The van der Waals surface area contributed by atoms with Gasteiger partial charge in [0.05, 0.1) is 0 Å². The van der Waals surface area contributed by atoms with Gasteiger partial charge in [0.25, 0.3) is 0 Å². The lowest BCUT2D eigenvalue weighted by atomic mass is 9.88. The molecule has 0 aromatic rings. The van der Waals surface area contributed by atoms with Gasteiger partial charge in [-0.2, -0.15) is 0 Å². The van der Waals surface area contributed by atoms with E-state index in [1.165, 1.54) is 0 Å². The minimum Gasteiger partial charge on any atom is -0.125 e. The molecule has 0 N–H and O–H groups in total. The Balaban J connectivity index is 5.54. The van der Waals surface area contributed by atoms with Crippen molar-refractivity contribution in [3.63, 3.8) is 0 Å². The molecule has 0 nitrogen and oxygen atoms in total. The van der Waals surface area contributed by atoms with Crippen molar-refractivity contribution in [2.45, 2.75) is 78.9 Å². The first-order chi connectivity index (χ1) is 7.96. The minimum absolute atomic E-state index is 0.0953. The maximum atomic E-state index is 4.16. The van der Waals surface area contributed by atoms with Crippen LogP contribution in [0.1, 0.15) is 62.3 Å². The summed E-state index contributed by atoms with van der Waals surface area (Å²) in [5, 5.41) is 0. The number of rotatable bonds is 3. The molecular weight excluding hydrogens is 232 g/mol. The largest absolute Gasteiger partial charge is 0.146 e. The third-order valence-electron chi connectivity index (χ3n) is 4.20. The van der Waals surface area contributed by atoms with Crippen molar-refractivity contribution in [3.05, 3.63) is 12.2 Å². The number of hydrogen-bond acceptors (Lipinski definition) is 0. The Kier molecular flexibility index (Phi) is 5.94. The SMILES string of the molecule is C=C(C#C[Si](C(C)C)(C(C)C)C(C)C)C(C)(C)C. The van der Waals surface area contributed by atoms with Crippen LogP contribution in [0.3, 0.4) is 0 Å². The summed E-state index contributed by atoms with van der Waals surface area (Å²) < 4.78 is 0. The maximum absolute atomic E-state index is 4.16. The Bertz CT molecular complexity index is 320. The molecule has 0 atom stereocenters. The average Bonchev–Trinajstić information content (AvgIpc) is 2.14. The molecule has 0 heterocycles. The van der Waals surface area contributed by atoms with Crippen molar-refractivity contribution in [3.8, 4) is 11.5 Å². The van der Waals surface area contributed by atoms with E-state index in [1.54, 1.807) is 0 Å². The first-order valence-corrected chi connectivity index (χ1v) is 9.42. The molecule has 18 heavy (non-hydrogen) atoms.